The third kappa shape index (κ3) is 3.78. The van der Waals surface area contributed by atoms with Gasteiger partial charge in [-0.25, -0.2) is 0 Å². The Hall–Kier alpha value is -0.940. The van der Waals surface area contributed by atoms with E-state index in [9.17, 15) is 0 Å². The zero-order valence-corrected chi connectivity index (χ0v) is 11.4. The minimum Gasteiger partial charge on any atom is -0.381 e. The molecule has 1 aliphatic heterocycles. The van der Waals surface area contributed by atoms with Crippen LogP contribution in [0, 0.1) is 5.92 Å². The van der Waals surface area contributed by atoms with Crippen molar-refractivity contribution in [1.29, 1.82) is 0 Å². The van der Waals surface area contributed by atoms with Crippen LogP contribution in [0.5, 0.6) is 0 Å². The van der Waals surface area contributed by atoms with E-state index >= 15 is 0 Å². The van der Waals surface area contributed by atoms with Crippen molar-refractivity contribution in [1.82, 2.24) is 20.3 Å². The molecule has 102 valence electrons. The van der Waals surface area contributed by atoms with Gasteiger partial charge in [0, 0.05) is 20.3 Å². The third-order valence-electron chi connectivity index (χ3n) is 3.52. The second-order valence-electron chi connectivity index (χ2n) is 5.06. The van der Waals surface area contributed by atoms with Crippen molar-refractivity contribution in [3.63, 3.8) is 0 Å². The molecule has 0 radical (unpaired) electrons. The third-order valence-corrected chi connectivity index (χ3v) is 3.52. The number of nitrogens with zero attached hydrogens (tertiary/aromatic N) is 3. The normalized spacial score (nSPS) is 19.0. The first-order valence-corrected chi connectivity index (χ1v) is 6.97. The fraction of sp³-hybridized carbons (Fsp3) is 0.846. The second kappa shape index (κ2) is 6.85. The van der Waals surface area contributed by atoms with Gasteiger partial charge in [0.2, 0.25) is 0 Å². The van der Waals surface area contributed by atoms with E-state index in [1.165, 1.54) is 12.8 Å². The van der Waals surface area contributed by atoms with Gasteiger partial charge < -0.3 is 10.1 Å². The summed E-state index contributed by atoms with van der Waals surface area (Å²) in [4.78, 5) is 1.64. The average molecular weight is 252 g/mol. The minimum absolute atomic E-state index is 0.335. The predicted octanol–water partition coefficient (Wildman–Crippen LogP) is 1.67. The van der Waals surface area contributed by atoms with Crippen LogP contribution in [-0.4, -0.2) is 34.8 Å². The van der Waals surface area contributed by atoms with Crippen molar-refractivity contribution in [3.05, 3.63) is 11.9 Å². The van der Waals surface area contributed by atoms with E-state index in [1.807, 2.05) is 13.2 Å². The molecule has 1 aliphatic rings. The summed E-state index contributed by atoms with van der Waals surface area (Å²) in [5.74, 6) is 0.745. The maximum atomic E-state index is 5.42. The van der Waals surface area contributed by atoms with E-state index in [0.29, 0.717) is 6.04 Å². The van der Waals surface area contributed by atoms with E-state index in [0.717, 1.165) is 44.2 Å². The summed E-state index contributed by atoms with van der Waals surface area (Å²) in [7, 11) is 1.87. The molecule has 0 aromatic carbocycles. The number of rotatable bonds is 6. The molecule has 1 unspecified atom stereocenters. The summed E-state index contributed by atoms with van der Waals surface area (Å²) >= 11 is 0. The largest absolute Gasteiger partial charge is 0.381 e. The summed E-state index contributed by atoms with van der Waals surface area (Å²) in [6.45, 7) is 5.04. The molecule has 0 bridgehead atoms. The molecule has 0 amide bonds. The summed E-state index contributed by atoms with van der Waals surface area (Å²) in [6.07, 6.45) is 6.51. The summed E-state index contributed by atoms with van der Waals surface area (Å²) < 4.78 is 5.42. The summed E-state index contributed by atoms with van der Waals surface area (Å²) in [5, 5.41) is 12.2. The van der Waals surface area contributed by atoms with Gasteiger partial charge in [-0.1, -0.05) is 6.92 Å². The molecule has 2 rings (SSSR count). The van der Waals surface area contributed by atoms with Crippen LogP contribution in [0.4, 0.5) is 0 Å². The van der Waals surface area contributed by atoms with Gasteiger partial charge in [0.15, 0.2) is 0 Å². The van der Waals surface area contributed by atoms with Gasteiger partial charge in [0.1, 0.15) is 0 Å². The number of hydrogen-bond acceptors (Lipinski definition) is 4. The molecular weight excluding hydrogens is 228 g/mol. The zero-order chi connectivity index (χ0) is 12.8. The highest BCUT2D eigenvalue weighted by Crippen LogP contribution is 2.26. The van der Waals surface area contributed by atoms with Gasteiger partial charge in [-0.2, -0.15) is 15.0 Å². The van der Waals surface area contributed by atoms with Crippen LogP contribution >= 0.6 is 0 Å². The first-order chi connectivity index (χ1) is 8.79. The molecule has 1 aromatic rings. The summed E-state index contributed by atoms with van der Waals surface area (Å²) in [5.41, 5.74) is 1.07. The number of hydrogen-bond donors (Lipinski definition) is 1. The molecule has 0 aliphatic carbocycles. The van der Waals surface area contributed by atoms with Crippen LogP contribution in [0.15, 0.2) is 6.20 Å². The Labute approximate surface area is 109 Å². The average Bonchev–Trinajstić information content (AvgIpc) is 2.82. The molecule has 5 nitrogen and oxygen atoms in total. The smallest absolute Gasteiger partial charge is 0.0996 e. The molecule has 1 fully saturated rings. The Bertz CT molecular complexity index is 347. The fourth-order valence-electron chi connectivity index (χ4n) is 2.46. The highest BCUT2D eigenvalue weighted by molar-refractivity contribution is 5.00. The molecule has 0 spiro atoms. The molecule has 1 atom stereocenters. The highest BCUT2D eigenvalue weighted by atomic mass is 16.5. The van der Waals surface area contributed by atoms with Gasteiger partial charge in [0.25, 0.3) is 0 Å². The number of aryl methyl sites for hydroxylation is 1. The van der Waals surface area contributed by atoms with Crippen molar-refractivity contribution in [2.45, 2.75) is 38.6 Å². The lowest BCUT2D eigenvalue weighted by atomic mass is 9.91. The molecule has 2 heterocycles. The Morgan fingerprint density at radius 2 is 2.28 bits per heavy atom. The Kier molecular flexibility index (Phi) is 5.13. The summed E-state index contributed by atoms with van der Waals surface area (Å²) in [6, 6.07) is 0.335. The van der Waals surface area contributed by atoms with E-state index in [2.05, 4.69) is 22.4 Å². The van der Waals surface area contributed by atoms with Crippen molar-refractivity contribution >= 4 is 0 Å². The minimum atomic E-state index is 0.335. The number of nitrogens with one attached hydrogen (secondary N) is 1. The molecule has 18 heavy (non-hydrogen) atoms. The van der Waals surface area contributed by atoms with Gasteiger partial charge in [0.05, 0.1) is 17.9 Å². The maximum Gasteiger partial charge on any atom is 0.0996 e. The maximum absolute atomic E-state index is 5.42. The van der Waals surface area contributed by atoms with E-state index in [1.54, 1.807) is 4.80 Å². The Balaban J connectivity index is 1.95. The Morgan fingerprint density at radius 1 is 1.50 bits per heavy atom. The van der Waals surface area contributed by atoms with Crippen LogP contribution in [0.1, 0.15) is 44.3 Å². The van der Waals surface area contributed by atoms with Crippen LogP contribution in [0.3, 0.4) is 0 Å². The van der Waals surface area contributed by atoms with Crippen LogP contribution < -0.4 is 5.32 Å². The first kappa shape index (κ1) is 13.5. The van der Waals surface area contributed by atoms with Crippen molar-refractivity contribution in [3.8, 4) is 0 Å². The van der Waals surface area contributed by atoms with Gasteiger partial charge >= 0.3 is 0 Å². The number of ether oxygens (including phenoxy) is 1. The van der Waals surface area contributed by atoms with Crippen molar-refractivity contribution in [2.75, 3.05) is 19.8 Å². The van der Waals surface area contributed by atoms with Crippen LogP contribution in [0.2, 0.25) is 0 Å². The Morgan fingerprint density at radius 3 is 2.89 bits per heavy atom. The lowest BCUT2D eigenvalue weighted by molar-refractivity contribution is 0.0603. The van der Waals surface area contributed by atoms with Gasteiger partial charge in [-0.15, -0.1) is 0 Å². The van der Waals surface area contributed by atoms with Gasteiger partial charge in [-0.05, 0) is 38.1 Å². The number of aromatic nitrogens is 3. The molecule has 1 saturated heterocycles. The van der Waals surface area contributed by atoms with Gasteiger partial charge in [-0.3, -0.25) is 0 Å². The van der Waals surface area contributed by atoms with E-state index < -0.39 is 0 Å². The topological polar surface area (TPSA) is 52.0 Å². The van der Waals surface area contributed by atoms with Crippen molar-refractivity contribution in [2.24, 2.45) is 13.0 Å². The fourth-order valence-corrected chi connectivity index (χ4v) is 2.46. The van der Waals surface area contributed by atoms with E-state index in [4.69, 9.17) is 4.74 Å². The second-order valence-corrected chi connectivity index (χ2v) is 5.06. The lowest BCUT2D eigenvalue weighted by Gasteiger charge is -2.26. The van der Waals surface area contributed by atoms with Crippen LogP contribution in [-0.2, 0) is 11.8 Å². The molecule has 1 N–H and O–H groups in total. The van der Waals surface area contributed by atoms with Crippen LogP contribution in [0.25, 0.3) is 0 Å². The predicted molar refractivity (Wildman–Crippen MR) is 70.2 cm³/mol. The molecule has 5 heteroatoms. The molecule has 0 saturated carbocycles. The quantitative estimate of drug-likeness (QED) is 0.837. The SMILES string of the molecule is CCCNC(CC1CCOCC1)c1cnn(C)n1. The lowest BCUT2D eigenvalue weighted by Crippen LogP contribution is -2.27. The zero-order valence-electron chi connectivity index (χ0n) is 11.4. The van der Waals surface area contributed by atoms with E-state index in [-0.39, 0.29) is 0 Å². The highest BCUT2D eigenvalue weighted by Gasteiger charge is 2.21. The molecular formula is C13H24N4O. The first-order valence-electron chi connectivity index (χ1n) is 6.97. The molecule has 1 aromatic heterocycles. The monoisotopic (exact) mass is 252 g/mol. The van der Waals surface area contributed by atoms with Crippen molar-refractivity contribution < 1.29 is 4.74 Å². The standard InChI is InChI=1S/C13H24N4O/c1-3-6-14-12(13-10-15-17(2)16-13)9-11-4-7-18-8-5-11/h10-12,14H,3-9H2,1-2H3.